The van der Waals surface area contributed by atoms with Crippen molar-refractivity contribution in [2.75, 3.05) is 6.54 Å². The summed E-state index contributed by atoms with van der Waals surface area (Å²) in [4.78, 5) is 67.6. The smallest absolute Gasteiger partial charge is 0.408 e. The molecule has 4 heterocycles. The molecule has 5 fully saturated rings. The topological polar surface area (TPSA) is 186 Å². The molecule has 4 aliphatic carbocycles. The molecule has 0 radical (unpaired) electrons. The Morgan fingerprint density at radius 3 is 2.55 bits per heavy atom. The third kappa shape index (κ3) is 6.84. The lowest BCUT2D eigenvalue weighted by Crippen LogP contribution is -2.58. The fourth-order valence-corrected chi connectivity index (χ4v) is 10.6. The highest BCUT2D eigenvalue weighted by Gasteiger charge is 2.72. The van der Waals surface area contributed by atoms with Crippen LogP contribution in [0.2, 0.25) is 0 Å². The first-order chi connectivity index (χ1) is 26.4. The number of nitrogens with zero attached hydrogens (tertiary/aromatic N) is 3. The number of sulfonamides is 1. The fraction of sp³-hybridized carbons (Fsp3) is 0.650. The molecule has 9 rings (SSSR count). The van der Waals surface area contributed by atoms with Gasteiger partial charge in [-0.25, -0.2) is 23.2 Å². The van der Waals surface area contributed by atoms with Crippen molar-refractivity contribution in [2.24, 2.45) is 17.3 Å². The molecule has 8 atom stereocenters. The van der Waals surface area contributed by atoms with E-state index in [0.717, 1.165) is 56.2 Å². The fourth-order valence-electron chi connectivity index (χ4n) is 9.25. The minimum absolute atomic E-state index is 0.0285. The Morgan fingerprint density at radius 2 is 1.75 bits per heavy atom. The summed E-state index contributed by atoms with van der Waals surface area (Å²) in [6.07, 6.45) is 12.4. The van der Waals surface area contributed by atoms with E-state index in [1.165, 1.54) is 4.90 Å². The molecule has 3 bridgehead atoms. The van der Waals surface area contributed by atoms with Gasteiger partial charge in [-0.05, 0) is 95.6 Å². The number of amides is 4. The van der Waals surface area contributed by atoms with E-state index in [4.69, 9.17) is 19.4 Å². The molecule has 1 aromatic heterocycles. The lowest BCUT2D eigenvalue weighted by molar-refractivity contribution is -0.141. The van der Waals surface area contributed by atoms with Crippen LogP contribution in [0.4, 0.5) is 4.79 Å². The zero-order chi connectivity index (χ0) is 38.2. The van der Waals surface area contributed by atoms with Gasteiger partial charge in [0.1, 0.15) is 35.5 Å². The Hall–Kier alpha value is -4.27. The van der Waals surface area contributed by atoms with Crippen LogP contribution in [-0.4, -0.2) is 88.2 Å². The number of hydrogen-bond acceptors (Lipinski definition) is 10. The van der Waals surface area contributed by atoms with Crippen molar-refractivity contribution in [3.05, 3.63) is 42.1 Å². The first-order valence-corrected chi connectivity index (χ1v) is 21.6. The molecule has 15 heteroatoms. The van der Waals surface area contributed by atoms with E-state index in [2.05, 4.69) is 15.4 Å². The van der Waals surface area contributed by atoms with E-state index in [0.29, 0.717) is 55.8 Å². The molecule has 3 N–H and O–H groups in total. The van der Waals surface area contributed by atoms with Crippen LogP contribution in [0.25, 0.3) is 11.0 Å². The largest absolute Gasteiger partial charge is 0.471 e. The highest BCUT2D eigenvalue weighted by atomic mass is 32.2. The number of fused-ring (bicyclic) bond motifs is 5. The molecule has 3 aliphatic heterocycles. The van der Waals surface area contributed by atoms with Gasteiger partial charge in [-0.1, -0.05) is 43.5 Å². The van der Waals surface area contributed by atoms with Crippen LogP contribution >= 0.6 is 0 Å². The standard InChI is InChI=1S/C40H50N6O8S/c1-38(17-18-38)55(51,52)45-36(49)40-21-25(40)12-5-3-2-4-6-16-30-35(48)46-23-26(19-31(46)33(47)44-40)53-34-29(41-27-13-9-10-14-28(27)42-34)15-8-7-11-24-20-39(24)22-32(39)54-37(50)43-30/h5,9-10,12-14,24-26,30-32H,2-4,6-8,11,15-23H2,1H3,(H,43,50)(H,44,47)(H,45,49)/b12-5-/t24?,25-,26-,30+,31+,32-,39?,40-/m1/s1. The lowest BCUT2D eigenvalue weighted by atomic mass is 10.0. The van der Waals surface area contributed by atoms with E-state index in [1.807, 2.05) is 36.4 Å². The molecular weight excluding hydrogens is 725 g/mol. The molecule has 1 aromatic carbocycles. The van der Waals surface area contributed by atoms with Crippen LogP contribution in [-0.2, 0) is 35.6 Å². The Labute approximate surface area is 321 Å². The average Bonchev–Trinajstić information content (AvgIpc) is 4.09. The summed E-state index contributed by atoms with van der Waals surface area (Å²) in [6.45, 7) is 1.63. The van der Waals surface area contributed by atoms with E-state index >= 15 is 0 Å². The minimum atomic E-state index is -3.97. The van der Waals surface area contributed by atoms with Gasteiger partial charge >= 0.3 is 6.09 Å². The molecule has 294 valence electrons. The van der Waals surface area contributed by atoms with Crippen molar-refractivity contribution < 1.29 is 37.1 Å². The Balaban J connectivity index is 1.04. The Morgan fingerprint density at radius 1 is 0.964 bits per heavy atom. The van der Waals surface area contributed by atoms with E-state index in [-0.39, 0.29) is 30.9 Å². The molecule has 4 amide bonds. The normalized spacial score (nSPS) is 36.2. The number of aryl methyl sites for hydroxylation is 1. The van der Waals surface area contributed by atoms with Crippen LogP contribution in [0, 0.1) is 17.3 Å². The van der Waals surface area contributed by atoms with E-state index in [1.54, 1.807) is 6.92 Å². The lowest BCUT2D eigenvalue weighted by Gasteiger charge is -2.30. The maximum absolute atomic E-state index is 14.6. The van der Waals surface area contributed by atoms with E-state index in [9.17, 15) is 27.6 Å². The predicted molar refractivity (Wildman–Crippen MR) is 200 cm³/mol. The van der Waals surface area contributed by atoms with Crippen LogP contribution in [0.15, 0.2) is 36.4 Å². The average molecular weight is 775 g/mol. The second kappa shape index (κ2) is 13.4. The SMILES string of the molecule is CC1(S(=O)(=O)NC(=O)[C@@]23C[C@H]2/C=C\CCCCC[C@@H]2NC(=O)O[C@@H]4CC45CC5CCCCc4nc5ccccc5nc4O[C@@H]4C[C@@H](C(=O)N3)N(C4)C2=O)CC1. The summed E-state index contributed by atoms with van der Waals surface area (Å²) in [7, 11) is -3.97. The number of nitrogens with one attached hydrogen (secondary N) is 3. The number of hydrogen-bond donors (Lipinski definition) is 3. The minimum Gasteiger partial charge on any atom is -0.471 e. The third-order valence-electron chi connectivity index (χ3n) is 13.4. The summed E-state index contributed by atoms with van der Waals surface area (Å²) in [5, 5.41) is 5.80. The number of ether oxygens (including phenoxy) is 2. The number of alkyl carbamates (subject to hydrolysis) is 1. The second-order valence-electron chi connectivity index (χ2n) is 17.3. The highest BCUT2D eigenvalue weighted by Crippen LogP contribution is 2.73. The zero-order valence-electron chi connectivity index (χ0n) is 31.3. The first kappa shape index (κ1) is 36.4. The van der Waals surface area contributed by atoms with Crippen molar-refractivity contribution in [1.29, 1.82) is 0 Å². The summed E-state index contributed by atoms with van der Waals surface area (Å²) in [5.41, 5.74) is 0.696. The van der Waals surface area contributed by atoms with Crippen LogP contribution in [0.1, 0.15) is 103 Å². The number of para-hydroxylation sites is 2. The number of allylic oxidation sites excluding steroid dienone is 1. The molecule has 7 aliphatic rings. The molecule has 14 nitrogen and oxygen atoms in total. The van der Waals surface area contributed by atoms with E-state index < -0.39 is 68.2 Å². The summed E-state index contributed by atoms with van der Waals surface area (Å²) >= 11 is 0. The van der Waals surface area contributed by atoms with Crippen LogP contribution in [0.3, 0.4) is 0 Å². The van der Waals surface area contributed by atoms with Gasteiger partial charge in [-0.15, -0.1) is 0 Å². The molecular formula is C40H50N6O8S. The van der Waals surface area contributed by atoms with Crippen LogP contribution in [0.5, 0.6) is 5.88 Å². The Kier molecular flexibility index (Phi) is 8.89. The summed E-state index contributed by atoms with van der Waals surface area (Å²) in [6, 6.07) is 5.57. The van der Waals surface area contributed by atoms with Crippen LogP contribution < -0.4 is 20.1 Å². The maximum atomic E-state index is 14.6. The number of aromatic nitrogens is 2. The molecule has 2 unspecified atom stereocenters. The first-order valence-electron chi connectivity index (χ1n) is 20.2. The number of carbonyl (C=O) groups is 4. The van der Waals surface area contributed by atoms with Gasteiger partial charge in [0, 0.05) is 17.8 Å². The van der Waals surface area contributed by atoms with Gasteiger partial charge in [-0.2, -0.15) is 0 Å². The molecule has 2 aromatic rings. The van der Waals surface area contributed by atoms with Gasteiger partial charge in [0.25, 0.3) is 5.91 Å². The monoisotopic (exact) mass is 774 g/mol. The Bertz CT molecular complexity index is 2070. The number of benzene rings is 1. The maximum Gasteiger partial charge on any atom is 0.408 e. The molecule has 4 saturated carbocycles. The van der Waals surface area contributed by atoms with Crippen molar-refractivity contribution in [2.45, 2.75) is 138 Å². The quantitative estimate of drug-likeness (QED) is 0.386. The van der Waals surface area contributed by atoms with Crippen molar-refractivity contribution in [1.82, 2.24) is 30.2 Å². The summed E-state index contributed by atoms with van der Waals surface area (Å²) in [5.74, 6) is -1.35. The third-order valence-corrected chi connectivity index (χ3v) is 15.6. The highest BCUT2D eigenvalue weighted by molar-refractivity contribution is 7.91. The van der Waals surface area contributed by atoms with Gasteiger partial charge in [0.2, 0.25) is 27.7 Å². The van der Waals surface area contributed by atoms with Gasteiger partial charge in [0.15, 0.2) is 0 Å². The second-order valence-corrected chi connectivity index (χ2v) is 19.5. The molecule has 55 heavy (non-hydrogen) atoms. The van der Waals surface area contributed by atoms with Gasteiger partial charge in [0.05, 0.1) is 22.3 Å². The van der Waals surface area contributed by atoms with Gasteiger partial charge in [-0.3, -0.25) is 19.1 Å². The molecule has 1 spiro atoms. The zero-order valence-corrected chi connectivity index (χ0v) is 32.1. The van der Waals surface area contributed by atoms with Crippen molar-refractivity contribution in [3.8, 4) is 5.88 Å². The number of carbonyl (C=O) groups excluding carboxylic acids is 4. The molecule has 1 saturated heterocycles. The predicted octanol–water partition coefficient (Wildman–Crippen LogP) is 3.97. The van der Waals surface area contributed by atoms with Crippen molar-refractivity contribution >= 4 is 44.9 Å². The van der Waals surface area contributed by atoms with Gasteiger partial charge < -0.3 is 25.0 Å². The summed E-state index contributed by atoms with van der Waals surface area (Å²) < 4.78 is 40.1. The van der Waals surface area contributed by atoms with Crippen molar-refractivity contribution in [3.63, 3.8) is 0 Å². The number of rotatable bonds is 3.